The van der Waals surface area contributed by atoms with Gasteiger partial charge in [0.05, 0.1) is 19.4 Å². The molecule has 0 fully saturated rings. The van der Waals surface area contributed by atoms with Gasteiger partial charge in [0.1, 0.15) is 11.4 Å². The van der Waals surface area contributed by atoms with E-state index in [0.29, 0.717) is 0 Å². The van der Waals surface area contributed by atoms with Gasteiger partial charge < -0.3 is 14.2 Å². The summed E-state index contributed by atoms with van der Waals surface area (Å²) in [5.41, 5.74) is 4.69. The van der Waals surface area contributed by atoms with E-state index in [9.17, 15) is 5.11 Å². The van der Waals surface area contributed by atoms with E-state index in [1.54, 1.807) is 7.11 Å². The quantitative estimate of drug-likeness (QED) is 0.794. The van der Waals surface area contributed by atoms with Crippen LogP contribution in [0.25, 0.3) is 16.9 Å². The summed E-state index contributed by atoms with van der Waals surface area (Å²) in [6.45, 7) is 2.03. The van der Waals surface area contributed by atoms with Gasteiger partial charge in [0, 0.05) is 23.5 Å². The number of aliphatic hydroxyl groups excluding tert-OH is 1. The molecule has 20 heavy (non-hydrogen) atoms. The first kappa shape index (κ1) is 12.7. The Labute approximate surface area is 117 Å². The van der Waals surface area contributed by atoms with Gasteiger partial charge in [-0.2, -0.15) is 0 Å². The smallest absolute Gasteiger partial charge is 0.142 e. The second kappa shape index (κ2) is 4.98. The van der Waals surface area contributed by atoms with Crippen LogP contribution in [0.2, 0.25) is 0 Å². The number of fused-ring (bicyclic) bond motifs is 1. The zero-order valence-electron chi connectivity index (χ0n) is 11.5. The van der Waals surface area contributed by atoms with E-state index >= 15 is 0 Å². The van der Waals surface area contributed by atoms with Crippen LogP contribution in [-0.2, 0) is 6.61 Å². The summed E-state index contributed by atoms with van der Waals surface area (Å²) in [6, 6.07) is 9.72. The first-order valence-electron chi connectivity index (χ1n) is 6.45. The largest absolute Gasteiger partial charge is 0.497 e. The van der Waals surface area contributed by atoms with Crippen LogP contribution in [0, 0.1) is 6.92 Å². The van der Waals surface area contributed by atoms with Crippen molar-refractivity contribution in [2.45, 2.75) is 13.5 Å². The molecular formula is C16H16N2O2. The Morgan fingerprint density at radius 2 is 2.15 bits per heavy atom. The molecule has 0 bridgehead atoms. The summed E-state index contributed by atoms with van der Waals surface area (Å²) in [5.74, 6) is 0.839. The van der Waals surface area contributed by atoms with Crippen molar-refractivity contribution in [2.75, 3.05) is 7.11 Å². The van der Waals surface area contributed by atoms with Crippen LogP contribution in [0.5, 0.6) is 5.75 Å². The Hall–Kier alpha value is -2.33. The molecule has 1 aromatic carbocycles. The molecule has 0 saturated heterocycles. The first-order chi connectivity index (χ1) is 9.72. The molecule has 0 aliphatic heterocycles. The molecule has 4 nitrogen and oxygen atoms in total. The van der Waals surface area contributed by atoms with E-state index in [2.05, 4.69) is 4.98 Å². The number of methoxy groups -OCH3 is 1. The van der Waals surface area contributed by atoms with E-state index in [1.165, 1.54) is 0 Å². The lowest BCUT2D eigenvalue weighted by Crippen LogP contribution is -1.90. The second-order valence-electron chi connectivity index (χ2n) is 4.73. The van der Waals surface area contributed by atoms with Crippen molar-refractivity contribution in [1.29, 1.82) is 0 Å². The maximum atomic E-state index is 9.37. The number of hydrogen-bond donors (Lipinski definition) is 1. The van der Waals surface area contributed by atoms with Crippen molar-refractivity contribution in [3.05, 3.63) is 53.9 Å². The van der Waals surface area contributed by atoms with Gasteiger partial charge in [0.15, 0.2) is 0 Å². The predicted molar refractivity (Wildman–Crippen MR) is 77.8 cm³/mol. The van der Waals surface area contributed by atoms with Crippen LogP contribution in [-0.4, -0.2) is 21.6 Å². The number of pyridine rings is 1. The average molecular weight is 268 g/mol. The number of aliphatic hydroxyl groups is 1. The molecule has 3 aromatic rings. The van der Waals surface area contributed by atoms with Gasteiger partial charge in [-0.05, 0) is 36.8 Å². The van der Waals surface area contributed by atoms with Crippen LogP contribution < -0.4 is 4.74 Å². The predicted octanol–water partition coefficient (Wildman–Crippen LogP) is 2.81. The summed E-state index contributed by atoms with van der Waals surface area (Å²) < 4.78 is 7.16. The van der Waals surface area contributed by atoms with Crippen molar-refractivity contribution in [2.24, 2.45) is 0 Å². The minimum absolute atomic E-state index is 0.0115. The zero-order valence-corrected chi connectivity index (χ0v) is 11.5. The van der Waals surface area contributed by atoms with Gasteiger partial charge >= 0.3 is 0 Å². The van der Waals surface area contributed by atoms with E-state index in [0.717, 1.165) is 33.8 Å². The van der Waals surface area contributed by atoms with Crippen molar-refractivity contribution >= 4 is 5.65 Å². The van der Waals surface area contributed by atoms with Gasteiger partial charge in [-0.1, -0.05) is 6.07 Å². The van der Waals surface area contributed by atoms with E-state index in [-0.39, 0.29) is 6.61 Å². The third kappa shape index (κ3) is 2.04. The molecule has 0 amide bonds. The maximum Gasteiger partial charge on any atom is 0.142 e. The number of hydrogen-bond acceptors (Lipinski definition) is 3. The molecule has 2 heterocycles. The highest BCUT2D eigenvalue weighted by atomic mass is 16.5. The number of nitrogens with zero attached hydrogens (tertiary/aromatic N) is 2. The third-order valence-corrected chi connectivity index (χ3v) is 3.44. The molecule has 0 saturated carbocycles. The van der Waals surface area contributed by atoms with Gasteiger partial charge in [0.25, 0.3) is 0 Å². The van der Waals surface area contributed by atoms with Gasteiger partial charge in [-0.3, -0.25) is 0 Å². The van der Waals surface area contributed by atoms with Crippen molar-refractivity contribution in [3.63, 3.8) is 0 Å². The Bertz CT molecular complexity index is 762. The van der Waals surface area contributed by atoms with E-state index < -0.39 is 0 Å². The molecule has 0 atom stereocenters. The van der Waals surface area contributed by atoms with E-state index in [4.69, 9.17) is 4.74 Å². The Morgan fingerprint density at radius 1 is 1.30 bits per heavy atom. The van der Waals surface area contributed by atoms with Crippen LogP contribution in [0.15, 0.2) is 42.7 Å². The highest BCUT2D eigenvalue weighted by molar-refractivity contribution is 5.68. The fourth-order valence-corrected chi connectivity index (χ4v) is 2.37. The first-order valence-corrected chi connectivity index (χ1v) is 6.45. The van der Waals surface area contributed by atoms with Crippen LogP contribution in [0.1, 0.15) is 11.1 Å². The van der Waals surface area contributed by atoms with Gasteiger partial charge in [-0.25, -0.2) is 4.98 Å². The van der Waals surface area contributed by atoms with Gasteiger partial charge in [-0.15, -0.1) is 0 Å². The Kier molecular flexibility index (Phi) is 3.16. The summed E-state index contributed by atoms with van der Waals surface area (Å²) in [5, 5.41) is 9.37. The normalized spacial score (nSPS) is 10.9. The van der Waals surface area contributed by atoms with E-state index in [1.807, 2.05) is 54.0 Å². The summed E-state index contributed by atoms with van der Waals surface area (Å²) >= 11 is 0. The number of aryl methyl sites for hydroxylation is 1. The van der Waals surface area contributed by atoms with Crippen LogP contribution in [0.3, 0.4) is 0 Å². The Morgan fingerprint density at radius 3 is 2.85 bits per heavy atom. The molecule has 102 valence electrons. The lowest BCUT2D eigenvalue weighted by Gasteiger charge is -2.05. The fourth-order valence-electron chi connectivity index (χ4n) is 2.37. The molecule has 0 radical (unpaired) electrons. The molecular weight excluding hydrogens is 252 g/mol. The molecule has 3 rings (SSSR count). The standard InChI is InChI=1S/C16H16N2O2/c1-11-8-13(20-2)5-6-14(11)15-9-18-7-3-4-12(10-19)16(18)17-15/h3-9,19H,10H2,1-2H3. The number of rotatable bonds is 3. The SMILES string of the molecule is COc1ccc(-c2cn3cccc(CO)c3n2)c(C)c1. The van der Waals surface area contributed by atoms with Crippen molar-refractivity contribution < 1.29 is 9.84 Å². The highest BCUT2D eigenvalue weighted by Gasteiger charge is 2.10. The van der Waals surface area contributed by atoms with Gasteiger partial charge in [0.2, 0.25) is 0 Å². The Balaban J connectivity index is 2.15. The number of imidazole rings is 1. The number of aromatic nitrogens is 2. The molecule has 4 heteroatoms. The minimum Gasteiger partial charge on any atom is -0.497 e. The lowest BCUT2D eigenvalue weighted by molar-refractivity contribution is 0.282. The second-order valence-corrected chi connectivity index (χ2v) is 4.73. The monoisotopic (exact) mass is 268 g/mol. The molecule has 0 aliphatic carbocycles. The lowest BCUT2D eigenvalue weighted by atomic mass is 10.1. The number of benzene rings is 1. The molecule has 2 aromatic heterocycles. The zero-order chi connectivity index (χ0) is 14.1. The summed E-state index contributed by atoms with van der Waals surface area (Å²) in [6.07, 6.45) is 3.91. The average Bonchev–Trinajstić information content (AvgIpc) is 2.90. The maximum absolute atomic E-state index is 9.37. The molecule has 1 N–H and O–H groups in total. The minimum atomic E-state index is -0.0115. The molecule has 0 aliphatic rings. The summed E-state index contributed by atoms with van der Waals surface area (Å²) in [7, 11) is 1.66. The third-order valence-electron chi connectivity index (χ3n) is 3.44. The van der Waals surface area contributed by atoms with Crippen molar-refractivity contribution in [3.8, 4) is 17.0 Å². The molecule has 0 spiro atoms. The summed E-state index contributed by atoms with van der Waals surface area (Å²) in [4.78, 5) is 4.63. The topological polar surface area (TPSA) is 46.8 Å². The van der Waals surface area contributed by atoms with Crippen LogP contribution in [0.4, 0.5) is 0 Å². The van der Waals surface area contributed by atoms with Crippen LogP contribution >= 0.6 is 0 Å². The van der Waals surface area contributed by atoms with Crippen molar-refractivity contribution in [1.82, 2.24) is 9.38 Å². The fraction of sp³-hybridized carbons (Fsp3) is 0.188. The highest BCUT2D eigenvalue weighted by Crippen LogP contribution is 2.27. The molecule has 0 unspecified atom stereocenters. The number of ether oxygens (including phenoxy) is 1.